The van der Waals surface area contributed by atoms with Gasteiger partial charge < -0.3 is 14.2 Å². The molecule has 0 spiro atoms. The van der Waals surface area contributed by atoms with Crippen LogP contribution < -0.4 is 4.74 Å². The van der Waals surface area contributed by atoms with E-state index in [0.29, 0.717) is 23.3 Å². The largest absolute Gasteiger partial charge is 0.497 e. The van der Waals surface area contributed by atoms with Crippen LogP contribution in [0.1, 0.15) is 30.6 Å². The number of rotatable bonds is 4. The lowest BCUT2D eigenvalue weighted by Gasteiger charge is -2.49. The van der Waals surface area contributed by atoms with Gasteiger partial charge in [-0.3, -0.25) is 5.41 Å². The monoisotopic (exact) mass is 412 g/mol. The van der Waals surface area contributed by atoms with E-state index in [1.165, 1.54) is 7.11 Å². The highest BCUT2D eigenvalue weighted by molar-refractivity contribution is 5.89. The average Bonchev–Trinajstić information content (AvgIpc) is 3.03. The van der Waals surface area contributed by atoms with Crippen molar-refractivity contribution in [2.75, 3.05) is 7.11 Å². The summed E-state index contributed by atoms with van der Waals surface area (Å²) in [5.41, 5.74) is -2.69. The van der Waals surface area contributed by atoms with Crippen LogP contribution in [0.2, 0.25) is 0 Å². The Morgan fingerprint density at radius 1 is 1.03 bits per heavy atom. The van der Waals surface area contributed by atoms with E-state index in [0.717, 1.165) is 0 Å². The molecule has 0 amide bonds. The molecule has 0 saturated carbocycles. The van der Waals surface area contributed by atoms with Gasteiger partial charge in [-0.15, -0.1) is 0 Å². The van der Waals surface area contributed by atoms with Gasteiger partial charge in [0.1, 0.15) is 11.9 Å². The van der Waals surface area contributed by atoms with Crippen molar-refractivity contribution >= 4 is 5.90 Å². The van der Waals surface area contributed by atoms with Crippen molar-refractivity contribution in [3.8, 4) is 24.0 Å². The molecule has 2 aromatic rings. The molecule has 31 heavy (non-hydrogen) atoms. The molecule has 7 heteroatoms. The van der Waals surface area contributed by atoms with Crippen LogP contribution >= 0.6 is 0 Å². The minimum atomic E-state index is -2.00. The topological polar surface area (TPSA) is 123 Å². The van der Waals surface area contributed by atoms with E-state index in [-0.39, 0.29) is 0 Å². The maximum absolute atomic E-state index is 10.4. The van der Waals surface area contributed by atoms with Crippen molar-refractivity contribution in [3.63, 3.8) is 0 Å². The molecule has 4 unspecified atom stereocenters. The minimum Gasteiger partial charge on any atom is -0.497 e. The number of ether oxygens (including phenoxy) is 3. The molecule has 2 aromatic carbocycles. The number of hydrogen-bond acceptors (Lipinski definition) is 7. The zero-order chi connectivity index (χ0) is 22.3. The first-order chi connectivity index (χ1) is 15.0. The van der Waals surface area contributed by atoms with Gasteiger partial charge in [-0.25, -0.2) is 0 Å². The molecular formula is C24H20N4O3. The summed E-state index contributed by atoms with van der Waals surface area (Å²) in [6, 6.07) is 22.2. The highest BCUT2D eigenvalue weighted by atomic mass is 16.7. The van der Waals surface area contributed by atoms with E-state index in [9.17, 15) is 15.8 Å². The zero-order valence-corrected chi connectivity index (χ0v) is 17.1. The predicted octanol–water partition coefficient (Wildman–Crippen LogP) is 4.20. The fourth-order valence-corrected chi connectivity index (χ4v) is 5.01. The number of benzene rings is 2. The third kappa shape index (κ3) is 2.37. The summed E-state index contributed by atoms with van der Waals surface area (Å²) in [7, 11) is 1.51. The van der Waals surface area contributed by atoms with E-state index in [4.69, 9.17) is 19.6 Å². The molecule has 4 atom stereocenters. The van der Waals surface area contributed by atoms with Gasteiger partial charge in [0.05, 0.1) is 31.2 Å². The molecule has 154 valence electrons. The summed E-state index contributed by atoms with van der Waals surface area (Å²) >= 11 is 0. The Morgan fingerprint density at radius 2 is 1.74 bits per heavy atom. The minimum absolute atomic E-state index is 0.362. The molecule has 4 rings (SSSR count). The molecule has 2 aliphatic heterocycles. The molecule has 0 radical (unpaired) electrons. The van der Waals surface area contributed by atoms with E-state index in [1.54, 1.807) is 36.4 Å². The van der Waals surface area contributed by atoms with Gasteiger partial charge in [-0.1, -0.05) is 49.4 Å². The number of hydrogen-bond donors (Lipinski definition) is 1. The second kappa shape index (κ2) is 7.13. The SMILES string of the molecule is CCC1C2(c3ccccc3)OC(=N)C1(C#N)C(C#N)(C#N)C(c1cccc(OC)c1)O2. The van der Waals surface area contributed by atoms with Gasteiger partial charge in [0.25, 0.3) is 0 Å². The molecule has 0 aromatic heterocycles. The number of nitrogens with zero attached hydrogens (tertiary/aromatic N) is 3. The molecule has 2 saturated heterocycles. The molecule has 7 nitrogen and oxygen atoms in total. The zero-order valence-electron chi connectivity index (χ0n) is 17.1. The molecular weight excluding hydrogens is 392 g/mol. The van der Waals surface area contributed by atoms with Crippen LogP contribution in [0.3, 0.4) is 0 Å². The van der Waals surface area contributed by atoms with Gasteiger partial charge in [0.2, 0.25) is 17.1 Å². The van der Waals surface area contributed by atoms with Gasteiger partial charge in [-0.2, -0.15) is 15.8 Å². The smallest absolute Gasteiger partial charge is 0.244 e. The summed E-state index contributed by atoms with van der Waals surface area (Å²) in [6.07, 6.45) is -0.788. The number of methoxy groups -OCH3 is 1. The lowest BCUT2D eigenvalue weighted by Crippen LogP contribution is -2.58. The van der Waals surface area contributed by atoms with Crippen LogP contribution in [0, 0.1) is 56.2 Å². The highest BCUT2D eigenvalue weighted by Crippen LogP contribution is 2.69. The Kier molecular flexibility index (Phi) is 4.69. The van der Waals surface area contributed by atoms with Crippen molar-refractivity contribution in [1.29, 1.82) is 21.2 Å². The summed E-state index contributed by atoms with van der Waals surface area (Å²) in [4.78, 5) is 0. The number of nitrogens with one attached hydrogen (secondary N) is 1. The average molecular weight is 412 g/mol. The lowest BCUT2D eigenvalue weighted by atomic mass is 9.52. The Morgan fingerprint density at radius 3 is 2.32 bits per heavy atom. The molecule has 2 fully saturated rings. The summed E-state index contributed by atoms with van der Waals surface area (Å²) in [5.74, 6) is -2.11. The molecule has 2 heterocycles. The standard InChI is InChI=1S/C24H20N4O3/c1-3-19-23(15-27)21(28)31-24(19,17-9-5-4-6-10-17)30-20(22(23,13-25)14-26)16-8-7-11-18(12-16)29-2/h4-12,19-20,28H,3H2,1-2H3. The van der Waals surface area contributed by atoms with Gasteiger partial charge >= 0.3 is 0 Å². The van der Waals surface area contributed by atoms with Crippen molar-refractivity contribution in [1.82, 2.24) is 0 Å². The third-order valence-corrected chi connectivity index (χ3v) is 6.41. The van der Waals surface area contributed by atoms with Crippen LogP contribution in [-0.2, 0) is 15.3 Å². The van der Waals surface area contributed by atoms with Crippen LogP contribution in [-0.4, -0.2) is 13.0 Å². The molecule has 2 aliphatic rings. The second-order valence-corrected chi connectivity index (χ2v) is 7.65. The second-order valence-electron chi connectivity index (χ2n) is 7.65. The quantitative estimate of drug-likeness (QED) is 0.803. The Balaban J connectivity index is 2.06. The highest BCUT2D eigenvalue weighted by Gasteiger charge is 2.80. The van der Waals surface area contributed by atoms with E-state index >= 15 is 0 Å². The fraction of sp³-hybridized carbons (Fsp3) is 0.333. The van der Waals surface area contributed by atoms with Crippen LogP contribution in [0.4, 0.5) is 0 Å². The maximum Gasteiger partial charge on any atom is 0.244 e. The van der Waals surface area contributed by atoms with E-state index in [1.807, 2.05) is 25.1 Å². The van der Waals surface area contributed by atoms with Crippen molar-refractivity contribution < 1.29 is 14.2 Å². The third-order valence-electron chi connectivity index (χ3n) is 6.41. The molecule has 0 aliphatic carbocycles. The summed E-state index contributed by atoms with van der Waals surface area (Å²) < 4.78 is 17.9. The van der Waals surface area contributed by atoms with Crippen molar-refractivity contribution in [2.24, 2.45) is 16.7 Å². The lowest BCUT2D eigenvalue weighted by molar-refractivity contribution is -0.292. The van der Waals surface area contributed by atoms with Gasteiger partial charge in [0, 0.05) is 5.56 Å². The Bertz CT molecular complexity index is 1150. The van der Waals surface area contributed by atoms with Gasteiger partial charge in [-0.05, 0) is 24.1 Å². The van der Waals surface area contributed by atoms with Crippen molar-refractivity contribution in [3.05, 3.63) is 65.7 Å². The maximum atomic E-state index is 10.4. The van der Waals surface area contributed by atoms with Crippen LogP contribution in [0.25, 0.3) is 0 Å². The number of nitriles is 3. The molecule has 1 N–H and O–H groups in total. The normalized spacial score (nSPS) is 30.4. The summed E-state index contributed by atoms with van der Waals surface area (Å²) in [5, 5.41) is 39.7. The Labute approximate surface area is 180 Å². The Hall–Kier alpha value is -3.86. The van der Waals surface area contributed by atoms with E-state index in [2.05, 4.69) is 18.2 Å². The fourth-order valence-electron chi connectivity index (χ4n) is 5.01. The number of fused-ring (bicyclic) bond motifs is 2. The van der Waals surface area contributed by atoms with Crippen LogP contribution in [0.15, 0.2) is 54.6 Å². The van der Waals surface area contributed by atoms with Gasteiger partial charge in [0.15, 0.2) is 5.41 Å². The predicted molar refractivity (Wildman–Crippen MR) is 109 cm³/mol. The van der Waals surface area contributed by atoms with Crippen LogP contribution in [0.5, 0.6) is 5.75 Å². The first kappa shape index (κ1) is 20.4. The first-order valence-electron chi connectivity index (χ1n) is 9.88. The van der Waals surface area contributed by atoms with E-state index < -0.39 is 34.5 Å². The molecule has 2 bridgehead atoms. The van der Waals surface area contributed by atoms with Crippen molar-refractivity contribution in [2.45, 2.75) is 25.2 Å². The summed E-state index contributed by atoms with van der Waals surface area (Å²) in [6.45, 7) is 1.84. The first-order valence-corrected chi connectivity index (χ1v) is 9.88.